The molecule has 19 heteroatoms. The van der Waals surface area contributed by atoms with Crippen LogP contribution in [0.4, 0.5) is 13.2 Å². The molecule has 14 rings (SSSR count). The minimum absolute atomic E-state index is 0. The van der Waals surface area contributed by atoms with Crippen LogP contribution in [-0.2, 0) is 50.3 Å². The van der Waals surface area contributed by atoms with Gasteiger partial charge in [0, 0.05) is 123 Å². The molecular weight excluding hydrogens is 1670 g/mol. The van der Waals surface area contributed by atoms with E-state index in [1.54, 1.807) is 36.4 Å². The summed E-state index contributed by atoms with van der Waals surface area (Å²) in [4.78, 5) is 26.8. The maximum absolute atomic E-state index is 10.7. The fraction of sp³-hybridized carbons (Fsp3) is 0.205. The Bertz CT molecular complexity index is 5100. The fourth-order valence-electron chi connectivity index (χ4n) is 10.2. The summed E-state index contributed by atoms with van der Waals surface area (Å²) in [6.45, 7) is 10.8. The van der Waals surface area contributed by atoms with Gasteiger partial charge in [-0.25, -0.2) is 9.97 Å². The van der Waals surface area contributed by atoms with Crippen molar-refractivity contribution in [1.29, 1.82) is 0 Å². The molecule has 0 spiro atoms. The van der Waals surface area contributed by atoms with E-state index in [1.165, 1.54) is 48.5 Å². The number of fused-ring (bicyclic) bond motifs is 6. The van der Waals surface area contributed by atoms with Crippen molar-refractivity contribution in [2.45, 2.75) is 98.2 Å². The molecule has 2 atom stereocenters. The number of furan rings is 2. The van der Waals surface area contributed by atoms with Crippen molar-refractivity contribution in [3.8, 4) is 67.3 Å². The molecule has 6 aromatic carbocycles. The number of aliphatic hydroxyl groups excluding tert-OH is 2. The summed E-state index contributed by atoms with van der Waals surface area (Å²) in [7, 11) is -3.84. The van der Waals surface area contributed by atoms with Gasteiger partial charge in [0.15, 0.2) is 0 Å². The molecule has 532 valence electrons. The van der Waals surface area contributed by atoms with E-state index in [-0.39, 0.29) is 40.2 Å². The van der Waals surface area contributed by atoms with Crippen LogP contribution in [0, 0.1) is 32.0 Å². The first kappa shape index (κ1) is 69.8. The average molecular weight is 1760 g/mol. The van der Waals surface area contributed by atoms with Crippen molar-refractivity contribution in [1.82, 2.24) is 29.9 Å². The molecule has 102 heavy (non-hydrogen) atoms. The Hall–Kier alpha value is -9.26. The second-order valence-electron chi connectivity index (χ2n) is 23.1. The molecule has 0 saturated heterocycles. The van der Waals surface area contributed by atoms with Gasteiger partial charge in [-0.15, -0.1) is 90.0 Å². The molecule has 14 aromatic rings. The van der Waals surface area contributed by atoms with Crippen LogP contribution < -0.4 is 0 Å². The van der Waals surface area contributed by atoms with Gasteiger partial charge in [-0.3, -0.25) is 9.54 Å². The minimum atomic E-state index is -5.84. The number of aliphatic hydroxyl groups is 2. The van der Waals surface area contributed by atoms with Crippen molar-refractivity contribution in [3.63, 3.8) is 0 Å². The zero-order valence-corrected chi connectivity index (χ0v) is 63.0. The van der Waals surface area contributed by atoms with E-state index in [4.69, 9.17) is 43.0 Å². The Kier molecular flexibility index (Phi) is 26.1. The van der Waals surface area contributed by atoms with Crippen LogP contribution in [0.5, 0.6) is 0 Å². The number of rotatable bonds is 10. The van der Waals surface area contributed by atoms with Gasteiger partial charge >= 0.3 is 15.6 Å². The van der Waals surface area contributed by atoms with Gasteiger partial charge in [0.2, 0.25) is 11.4 Å². The van der Waals surface area contributed by atoms with E-state index in [0.29, 0.717) is 45.8 Å². The van der Waals surface area contributed by atoms with Crippen molar-refractivity contribution in [3.05, 3.63) is 277 Å². The number of aryl methyl sites for hydroxylation is 2. The summed E-state index contributed by atoms with van der Waals surface area (Å²) in [5, 5.41) is 18.2. The molecule has 0 amide bonds. The van der Waals surface area contributed by atoms with Crippen LogP contribution in [0.25, 0.3) is 111 Å². The maximum Gasteiger partial charge on any atom is 0.522 e. The van der Waals surface area contributed by atoms with Crippen LogP contribution in [-0.4, -0.2) is 72.8 Å². The van der Waals surface area contributed by atoms with Crippen molar-refractivity contribution in [2.24, 2.45) is 0 Å². The number of pyridine rings is 6. The molecule has 3 N–H and O–H groups in total. The molecule has 2 radical (unpaired) electrons. The molecule has 0 aliphatic rings. The van der Waals surface area contributed by atoms with E-state index < -0.39 is 41.1 Å². The van der Waals surface area contributed by atoms with Gasteiger partial charge in [0.25, 0.3) is 0 Å². The molecule has 0 aliphatic carbocycles. The van der Waals surface area contributed by atoms with Crippen LogP contribution in [0.3, 0.4) is 0 Å². The quantitative estimate of drug-likeness (QED) is 0.0665. The summed E-state index contributed by atoms with van der Waals surface area (Å²) in [6, 6.07) is 75.2. The topological polar surface area (TPSA) is 198 Å². The Morgan fingerprint density at radius 2 is 0.892 bits per heavy atom. The molecule has 8 heterocycles. The van der Waals surface area contributed by atoms with Crippen LogP contribution in [0.2, 0.25) is 0 Å². The van der Waals surface area contributed by atoms with Gasteiger partial charge in [-0.1, -0.05) is 157 Å². The largest absolute Gasteiger partial charge is 0.522 e. The van der Waals surface area contributed by atoms with E-state index in [9.17, 15) is 13.2 Å². The number of hydrogen-bond acceptors (Lipinski definition) is 12. The predicted octanol–water partition coefficient (Wildman–Crippen LogP) is 21.0. The summed E-state index contributed by atoms with van der Waals surface area (Å²) in [5.74, 6) is -2.26. The first-order valence-electron chi connectivity index (χ1n) is 35.5. The zero-order chi connectivity index (χ0) is 79.1. The second kappa shape index (κ2) is 38.1. The Morgan fingerprint density at radius 3 is 1.30 bits per heavy atom. The minimum Gasteiger partial charge on any atom is -0.486 e. The first-order chi connectivity index (χ1) is 51.1. The van der Waals surface area contributed by atoms with E-state index >= 15 is 0 Å². The molecule has 8 aromatic heterocycles. The average Bonchev–Trinajstić information content (AvgIpc) is 1.61. The molecule has 0 aliphatic heterocycles. The third-order valence-electron chi connectivity index (χ3n) is 15.5. The van der Waals surface area contributed by atoms with E-state index in [2.05, 4.69) is 173 Å². The third kappa shape index (κ3) is 21.2. The third-order valence-corrected chi connectivity index (χ3v) is 16.1. The Morgan fingerprint density at radius 1 is 0.461 bits per heavy atom. The normalized spacial score (nSPS) is 13.5. The van der Waals surface area contributed by atoms with Gasteiger partial charge in [0.05, 0.1) is 11.3 Å². The summed E-state index contributed by atoms with van der Waals surface area (Å²) >= 11 is 0. The summed E-state index contributed by atoms with van der Waals surface area (Å²) < 4.78 is 130. The number of aromatic nitrogens is 6. The van der Waals surface area contributed by atoms with E-state index in [0.717, 1.165) is 103 Å². The van der Waals surface area contributed by atoms with Crippen LogP contribution in [0.1, 0.15) is 123 Å². The number of benzene rings is 6. The van der Waals surface area contributed by atoms with Crippen molar-refractivity contribution >= 4 is 54.3 Å². The standard InChI is InChI=1S/C26H22N2O.C26H21N2O.2C14H14N.CHF3O3S.2CH4O.2Ir/c2*1-16(2)18-8-10-19(11-9-18)20-13-14-27-24(15-20)23-6-4-5-21-22-12-7-17(3)28-26(22)29-25(21)23;2*1-11(2)13-8-9-14(15-10-13)12-6-4-3-5-7-12;2-1(3,4)8(5,6)7;2*1-2;;/h4-16H,1-3H3;4-5,7-16H,1-3H3;2*3-6,8-11H,1-2H3;(H,5,6,7);2*2H,1H3;;/q;3*-1;;;;;/i;;2*1D3,11D;;;;;. The predicted molar refractivity (Wildman–Crippen MR) is 396 cm³/mol. The number of nitrogens with zero attached hydrogens (tertiary/aromatic N) is 6. The molecule has 0 fully saturated rings. The molecule has 13 nitrogen and oxygen atoms in total. The monoisotopic (exact) mass is 1760 g/mol. The maximum atomic E-state index is 10.7. The van der Waals surface area contributed by atoms with Crippen LogP contribution >= 0.6 is 0 Å². The molecule has 0 bridgehead atoms. The van der Waals surface area contributed by atoms with Gasteiger partial charge < -0.3 is 34.0 Å². The zero-order valence-electron chi connectivity index (χ0n) is 65.4. The first-order valence-corrected chi connectivity index (χ1v) is 33.0. The van der Waals surface area contributed by atoms with Crippen LogP contribution in [0.15, 0.2) is 234 Å². The number of halogens is 3. The molecule has 0 saturated carbocycles. The number of hydrogen-bond donors (Lipinski definition) is 3. The Labute approximate surface area is 633 Å². The number of para-hydroxylation sites is 1. The summed E-state index contributed by atoms with van der Waals surface area (Å²) in [6.07, 6.45) is 6.62. The summed E-state index contributed by atoms with van der Waals surface area (Å²) in [5.41, 5.74) is 14.1. The smallest absolute Gasteiger partial charge is 0.486 e. The molecular formula is C83H80F3Ir2N6O7S-3. The Balaban J connectivity index is 0.000000220. The van der Waals surface area contributed by atoms with Gasteiger partial charge in [-0.2, -0.15) is 21.6 Å². The number of alkyl halides is 3. The molecule has 2 unspecified atom stereocenters. The van der Waals surface area contributed by atoms with Crippen molar-refractivity contribution in [2.75, 3.05) is 14.2 Å². The fourth-order valence-corrected chi connectivity index (χ4v) is 10.2. The second-order valence-corrected chi connectivity index (χ2v) is 24.5. The van der Waals surface area contributed by atoms with Crippen molar-refractivity contribution < 1.29 is 96.4 Å². The van der Waals surface area contributed by atoms with Gasteiger partial charge in [-0.05, 0) is 148 Å². The SMILES string of the molecule is CO.CO.Cc1ccc2c(n1)oc1c(-c3cc(-c4ccc(C(C)C)cc4)ccn3)[c-]ccc12.Cc1ccc2c(n1)oc1c(-c3cc(-c4ccc(C(C)C)cc4)ccn3)cccc12.O=S(=O)(O)C(F)(F)F.[2H]C([2H])([2H])C([2H])(C)c1ccc(-c2[c-]cccc2)nc1.[2H]C([2H])([2H])C([2H])(C)c1ccc(-c2[c-]cccc2)nc1.[Ir].[Ir]. The van der Waals surface area contributed by atoms with Gasteiger partial charge in [0.1, 0.15) is 5.58 Å². The van der Waals surface area contributed by atoms with E-state index in [1.807, 2.05) is 93.0 Å².